The van der Waals surface area contributed by atoms with Gasteiger partial charge in [0.05, 0.1) is 6.20 Å². The van der Waals surface area contributed by atoms with Gasteiger partial charge in [-0.1, -0.05) is 0 Å². The lowest BCUT2D eigenvalue weighted by Crippen LogP contribution is -2.33. The molecule has 1 atom stereocenters. The fraction of sp³-hybridized carbons (Fsp3) is 0.500. The molecule has 2 aromatic heterocycles. The molecule has 0 aliphatic carbocycles. The Morgan fingerprint density at radius 3 is 2.59 bits per heavy atom. The van der Waals surface area contributed by atoms with E-state index in [2.05, 4.69) is 10.4 Å². The third kappa shape index (κ3) is 3.22. The van der Waals surface area contributed by atoms with Crippen LogP contribution in [0.3, 0.4) is 0 Å². The number of nitrogens with one attached hydrogen (secondary N) is 1. The van der Waals surface area contributed by atoms with Crippen LogP contribution in [0.1, 0.15) is 41.5 Å². The highest BCUT2D eigenvalue weighted by molar-refractivity contribution is 5.97. The second-order valence-electron chi connectivity index (χ2n) is 5.70. The highest BCUT2D eigenvalue weighted by Gasteiger charge is 2.20. The Hall–Kier alpha value is -2.08. The third-order valence-electron chi connectivity index (χ3n) is 3.81. The normalized spacial score (nSPS) is 12.4. The summed E-state index contributed by atoms with van der Waals surface area (Å²) >= 11 is 0. The quantitative estimate of drug-likeness (QED) is 0.853. The molecule has 0 aromatic carbocycles. The van der Waals surface area contributed by atoms with Crippen LogP contribution in [-0.2, 0) is 7.05 Å². The van der Waals surface area contributed by atoms with E-state index in [9.17, 15) is 4.79 Å². The van der Waals surface area contributed by atoms with Gasteiger partial charge in [0, 0.05) is 31.1 Å². The number of nitrogens with zero attached hydrogens (tertiary/aromatic N) is 3. The van der Waals surface area contributed by atoms with E-state index >= 15 is 0 Å². The molecule has 0 bridgehead atoms. The van der Waals surface area contributed by atoms with Crippen molar-refractivity contribution in [2.24, 2.45) is 7.05 Å². The van der Waals surface area contributed by atoms with E-state index in [0.717, 1.165) is 23.6 Å². The van der Waals surface area contributed by atoms with Crippen LogP contribution in [0.5, 0.6) is 0 Å². The van der Waals surface area contributed by atoms with Crippen LogP contribution in [0.15, 0.2) is 18.3 Å². The van der Waals surface area contributed by atoms with Gasteiger partial charge in [0.2, 0.25) is 0 Å². The molecule has 2 aromatic rings. The highest BCUT2D eigenvalue weighted by Crippen LogP contribution is 2.20. The summed E-state index contributed by atoms with van der Waals surface area (Å²) in [7, 11) is 1.83. The Kier molecular flexibility index (Phi) is 5.03. The molecule has 0 spiro atoms. The van der Waals surface area contributed by atoms with Crippen molar-refractivity contribution in [3.8, 4) is 5.82 Å². The summed E-state index contributed by atoms with van der Waals surface area (Å²) in [6, 6.07) is 4.06. The Bertz CT molecular complexity index is 638. The predicted octanol–water partition coefficient (Wildman–Crippen LogP) is 1.72. The van der Waals surface area contributed by atoms with Crippen LogP contribution in [0.4, 0.5) is 0 Å². The molecule has 22 heavy (non-hydrogen) atoms. The minimum absolute atomic E-state index is 0.0135. The Morgan fingerprint density at radius 1 is 1.36 bits per heavy atom. The van der Waals surface area contributed by atoms with Crippen LogP contribution < -0.4 is 5.32 Å². The van der Waals surface area contributed by atoms with E-state index in [-0.39, 0.29) is 18.6 Å². The van der Waals surface area contributed by atoms with Crippen molar-refractivity contribution in [1.29, 1.82) is 0 Å². The van der Waals surface area contributed by atoms with Gasteiger partial charge in [-0.15, -0.1) is 0 Å². The number of carbonyl (C=O) groups excluding carboxylic acids is 1. The Labute approximate surface area is 130 Å². The summed E-state index contributed by atoms with van der Waals surface area (Å²) in [6.45, 7) is 6.09. The fourth-order valence-corrected chi connectivity index (χ4v) is 2.63. The van der Waals surface area contributed by atoms with Crippen molar-refractivity contribution in [2.75, 3.05) is 6.61 Å². The number of amides is 1. The standard InChI is InChI=1S/C16H24N4O2/c1-11(6-5-9-21)18-15(22)14-10-17-19(4)16(14)20-12(2)7-8-13(20)3/h7-8,10-11,21H,5-6,9H2,1-4H3,(H,18,22). The zero-order valence-corrected chi connectivity index (χ0v) is 13.6. The van der Waals surface area contributed by atoms with Gasteiger partial charge < -0.3 is 15.0 Å². The largest absolute Gasteiger partial charge is 0.396 e. The first-order valence-electron chi connectivity index (χ1n) is 7.54. The number of rotatable bonds is 6. The number of aliphatic hydroxyl groups excluding tert-OH is 1. The summed E-state index contributed by atoms with van der Waals surface area (Å²) in [5, 5.41) is 16.1. The van der Waals surface area contributed by atoms with Crippen LogP contribution in [0, 0.1) is 13.8 Å². The second-order valence-corrected chi connectivity index (χ2v) is 5.70. The van der Waals surface area contributed by atoms with E-state index in [0.29, 0.717) is 12.0 Å². The van der Waals surface area contributed by atoms with Gasteiger partial charge in [0.15, 0.2) is 0 Å². The van der Waals surface area contributed by atoms with Gasteiger partial charge in [-0.3, -0.25) is 9.48 Å². The Balaban J connectivity index is 2.28. The summed E-state index contributed by atoms with van der Waals surface area (Å²) < 4.78 is 3.74. The molecule has 2 heterocycles. The minimum atomic E-state index is -0.138. The van der Waals surface area contributed by atoms with Gasteiger partial charge in [0.25, 0.3) is 5.91 Å². The number of hydrogen-bond donors (Lipinski definition) is 2. The SMILES string of the molecule is Cc1ccc(C)n1-c1c(C(=O)NC(C)CCCO)cnn1C. The van der Waals surface area contributed by atoms with Gasteiger partial charge in [-0.25, -0.2) is 0 Å². The van der Waals surface area contributed by atoms with Crippen LogP contribution in [-0.4, -0.2) is 38.0 Å². The van der Waals surface area contributed by atoms with Crippen LogP contribution >= 0.6 is 0 Å². The number of aryl methyl sites for hydroxylation is 3. The van der Waals surface area contributed by atoms with Gasteiger partial charge in [-0.05, 0) is 45.7 Å². The molecular weight excluding hydrogens is 280 g/mol. The van der Waals surface area contributed by atoms with E-state index in [1.54, 1.807) is 10.9 Å². The molecule has 0 radical (unpaired) electrons. The van der Waals surface area contributed by atoms with Gasteiger partial charge in [-0.2, -0.15) is 5.10 Å². The van der Waals surface area contributed by atoms with Crippen molar-refractivity contribution in [3.63, 3.8) is 0 Å². The van der Waals surface area contributed by atoms with E-state index in [4.69, 9.17) is 5.11 Å². The summed E-state index contributed by atoms with van der Waals surface area (Å²) in [5.41, 5.74) is 2.67. The number of carbonyl (C=O) groups is 1. The lowest BCUT2D eigenvalue weighted by Gasteiger charge is -2.15. The first kappa shape index (κ1) is 16.3. The fourth-order valence-electron chi connectivity index (χ4n) is 2.63. The lowest BCUT2D eigenvalue weighted by molar-refractivity contribution is 0.0936. The molecular formula is C16H24N4O2. The molecule has 1 unspecified atom stereocenters. The van der Waals surface area contributed by atoms with E-state index in [1.807, 2.05) is 44.5 Å². The Morgan fingerprint density at radius 2 is 2.00 bits per heavy atom. The van der Waals surface area contributed by atoms with Crippen LogP contribution in [0.25, 0.3) is 5.82 Å². The van der Waals surface area contributed by atoms with E-state index in [1.165, 1.54) is 0 Å². The molecule has 6 nitrogen and oxygen atoms in total. The maximum absolute atomic E-state index is 12.5. The lowest BCUT2D eigenvalue weighted by atomic mass is 10.1. The molecule has 2 N–H and O–H groups in total. The molecule has 0 aliphatic heterocycles. The highest BCUT2D eigenvalue weighted by atomic mass is 16.3. The number of aliphatic hydroxyl groups is 1. The molecule has 6 heteroatoms. The molecule has 0 fully saturated rings. The van der Waals surface area contributed by atoms with E-state index < -0.39 is 0 Å². The average Bonchev–Trinajstić information content (AvgIpc) is 2.99. The molecule has 0 saturated carbocycles. The van der Waals surface area contributed by atoms with Gasteiger partial charge in [0.1, 0.15) is 11.4 Å². The maximum atomic E-state index is 12.5. The van der Waals surface area contributed by atoms with Crippen molar-refractivity contribution in [3.05, 3.63) is 35.3 Å². The molecule has 0 aliphatic rings. The third-order valence-corrected chi connectivity index (χ3v) is 3.81. The summed E-state index contributed by atoms with van der Waals surface area (Å²) in [5.74, 6) is 0.632. The molecule has 120 valence electrons. The zero-order valence-electron chi connectivity index (χ0n) is 13.6. The van der Waals surface area contributed by atoms with Crippen molar-refractivity contribution >= 4 is 5.91 Å². The number of aromatic nitrogens is 3. The minimum Gasteiger partial charge on any atom is -0.396 e. The first-order valence-corrected chi connectivity index (χ1v) is 7.54. The zero-order chi connectivity index (χ0) is 16.3. The molecule has 1 amide bonds. The second kappa shape index (κ2) is 6.79. The van der Waals surface area contributed by atoms with Crippen molar-refractivity contribution in [1.82, 2.24) is 19.7 Å². The van der Waals surface area contributed by atoms with Crippen molar-refractivity contribution in [2.45, 2.75) is 39.7 Å². The summed E-state index contributed by atoms with van der Waals surface area (Å²) in [4.78, 5) is 12.5. The molecule has 0 saturated heterocycles. The average molecular weight is 304 g/mol. The monoisotopic (exact) mass is 304 g/mol. The predicted molar refractivity (Wildman–Crippen MR) is 85.3 cm³/mol. The van der Waals surface area contributed by atoms with Crippen molar-refractivity contribution < 1.29 is 9.90 Å². The maximum Gasteiger partial charge on any atom is 0.256 e. The van der Waals surface area contributed by atoms with Crippen LogP contribution in [0.2, 0.25) is 0 Å². The van der Waals surface area contributed by atoms with Gasteiger partial charge >= 0.3 is 0 Å². The smallest absolute Gasteiger partial charge is 0.256 e. The number of hydrogen-bond acceptors (Lipinski definition) is 3. The topological polar surface area (TPSA) is 72.1 Å². The molecule has 2 rings (SSSR count). The summed E-state index contributed by atoms with van der Waals surface area (Å²) in [6.07, 6.45) is 3.03. The first-order chi connectivity index (χ1) is 10.5.